The van der Waals surface area contributed by atoms with Gasteiger partial charge in [0.1, 0.15) is 45.9 Å². The van der Waals surface area contributed by atoms with E-state index in [1.54, 1.807) is 48.8 Å². The van der Waals surface area contributed by atoms with Crippen LogP contribution in [0.3, 0.4) is 0 Å². The van der Waals surface area contributed by atoms with Crippen LogP contribution in [0.2, 0.25) is 0 Å². The van der Waals surface area contributed by atoms with E-state index >= 15 is 18.0 Å². The first-order valence-electron chi connectivity index (χ1n) is 23.4. The van der Waals surface area contributed by atoms with E-state index in [4.69, 9.17) is 19.2 Å². The van der Waals surface area contributed by atoms with E-state index in [1.165, 1.54) is 18.3 Å². The fraction of sp³-hybridized carbons (Fsp3) is 0.583. The topological polar surface area (TPSA) is 207 Å². The predicted molar refractivity (Wildman–Crippen MR) is 249 cm³/mol. The number of hydrogen-bond acceptors (Lipinski definition) is 12. The highest BCUT2D eigenvalue weighted by molar-refractivity contribution is 7.91. The Hall–Kier alpha value is -5.28. The quantitative estimate of drug-likeness (QED) is 0.161. The maximum Gasteiger partial charge on any atom is 0.414 e. The second-order valence-corrected chi connectivity index (χ2v) is 22.9. The molecular formula is C48H59F3N6O10S2. The minimum atomic E-state index is -5.17. The highest BCUT2D eigenvalue weighted by Crippen LogP contribution is 2.49. The molecule has 0 radical (unpaired) electrons. The number of benzene rings is 1. The Labute approximate surface area is 403 Å². The first kappa shape index (κ1) is 50.1. The molecule has 2 saturated carbocycles. The van der Waals surface area contributed by atoms with Gasteiger partial charge < -0.3 is 29.5 Å². The van der Waals surface area contributed by atoms with Gasteiger partial charge in [-0.2, -0.15) is 13.2 Å². The van der Waals surface area contributed by atoms with Crippen molar-refractivity contribution in [1.29, 1.82) is 0 Å². The van der Waals surface area contributed by atoms with Crippen molar-refractivity contribution in [2.75, 3.05) is 19.8 Å². The van der Waals surface area contributed by atoms with E-state index < -0.39 is 98.9 Å². The summed E-state index contributed by atoms with van der Waals surface area (Å²) < 4.78 is 92.3. The number of nitrogens with zero attached hydrogens (tertiary/aromatic N) is 4. The van der Waals surface area contributed by atoms with Crippen molar-refractivity contribution in [1.82, 2.24) is 29.8 Å². The Bertz CT molecular complexity index is 2550. The first-order valence-corrected chi connectivity index (χ1v) is 25.8. The van der Waals surface area contributed by atoms with Crippen LogP contribution in [-0.4, -0.2) is 123 Å². The molecular weight excluding hydrogens is 942 g/mol. The number of amides is 4. The van der Waals surface area contributed by atoms with Gasteiger partial charge in [0.25, 0.3) is 5.91 Å². The largest absolute Gasteiger partial charge is 0.491 e. The molecule has 4 amide bonds. The number of aromatic nitrogens is 2. The van der Waals surface area contributed by atoms with Crippen LogP contribution in [0.15, 0.2) is 60.1 Å². The van der Waals surface area contributed by atoms with Gasteiger partial charge in [-0.15, -0.1) is 11.3 Å². The van der Waals surface area contributed by atoms with E-state index in [-0.39, 0.29) is 61.5 Å². The molecule has 5 aliphatic rings. The molecule has 16 nitrogen and oxygen atoms in total. The number of rotatable bonds is 11. The molecule has 0 spiro atoms. The molecule has 4 fully saturated rings. The molecule has 2 saturated heterocycles. The standard InChI is InChI=1S/C48H59F3N6O10S2/c1-28(2)66-33-13-11-31(12-14-33)36-22-34(23-37(53-36)41-52-18-20-68-41)67-35-24-38-40(58)54-47(43(60)55-69(63,64)45(5)16-17-45)25-32(47)10-7-6-9-29(3)21-30(4)39(42(59)56(38)26-35)57(44(61)62)46(48(49,50)51)15-8-19-65-27-46/h7,10-14,18,20,22-23,28-30,32,35,38-39H,6,8-9,15-17,19,21,24-27H2,1-5H3,(H,54,58)(H,55,60)(H,61,62)/t29-,30+,32+,35+,38-,39-,46?,47+/m0/s1. The maximum absolute atomic E-state index is 15.5. The summed E-state index contributed by atoms with van der Waals surface area (Å²) in [7, 11) is -4.16. The summed E-state index contributed by atoms with van der Waals surface area (Å²) in [6, 6.07) is 7.11. The molecule has 374 valence electrons. The molecule has 8 rings (SSSR count). The minimum absolute atomic E-state index is 0.0346. The number of halogens is 3. The van der Waals surface area contributed by atoms with Crippen molar-refractivity contribution in [3.63, 3.8) is 0 Å². The van der Waals surface area contributed by atoms with Gasteiger partial charge in [0.05, 0.1) is 29.7 Å². The number of carbonyl (C=O) groups is 4. The number of hydrogen-bond donors (Lipinski definition) is 3. The van der Waals surface area contributed by atoms with Crippen molar-refractivity contribution in [3.05, 3.63) is 60.1 Å². The monoisotopic (exact) mass is 1000 g/mol. The van der Waals surface area contributed by atoms with Gasteiger partial charge in [-0.25, -0.2) is 23.2 Å². The summed E-state index contributed by atoms with van der Waals surface area (Å²) >= 11 is 1.33. The number of ether oxygens (including phenoxy) is 3. The Morgan fingerprint density at radius 2 is 1.80 bits per heavy atom. The minimum Gasteiger partial charge on any atom is -0.491 e. The van der Waals surface area contributed by atoms with E-state index in [1.807, 2.05) is 39.0 Å². The normalized spacial score (nSPS) is 29.4. The zero-order chi connectivity index (χ0) is 49.7. The van der Waals surface area contributed by atoms with Crippen molar-refractivity contribution < 1.29 is 60.1 Å². The Morgan fingerprint density at radius 1 is 1.07 bits per heavy atom. The average Bonchev–Trinajstić information content (AvgIpc) is 4.04. The van der Waals surface area contributed by atoms with E-state index in [9.17, 15) is 27.9 Å². The Morgan fingerprint density at radius 3 is 2.42 bits per heavy atom. The van der Waals surface area contributed by atoms with Crippen LogP contribution in [0.1, 0.15) is 92.4 Å². The third-order valence-electron chi connectivity index (χ3n) is 14.2. The van der Waals surface area contributed by atoms with Crippen LogP contribution in [-0.2, 0) is 29.1 Å². The lowest BCUT2D eigenvalue weighted by atomic mass is 9.82. The predicted octanol–water partition coefficient (Wildman–Crippen LogP) is 7.35. The number of carboxylic acid groups (broad SMARTS) is 1. The van der Waals surface area contributed by atoms with Gasteiger partial charge in [0.2, 0.25) is 21.8 Å². The summed E-state index contributed by atoms with van der Waals surface area (Å²) in [4.78, 5) is 68.7. The second kappa shape index (κ2) is 19.1. The number of nitrogens with one attached hydrogen (secondary N) is 2. The van der Waals surface area contributed by atoms with Crippen LogP contribution in [0.5, 0.6) is 11.5 Å². The van der Waals surface area contributed by atoms with Gasteiger partial charge >= 0.3 is 12.3 Å². The van der Waals surface area contributed by atoms with Crippen molar-refractivity contribution in [2.45, 2.75) is 139 Å². The molecule has 0 bridgehead atoms. The lowest BCUT2D eigenvalue weighted by Gasteiger charge is -2.50. The molecule has 21 heteroatoms. The molecule has 3 aliphatic heterocycles. The number of pyridine rings is 1. The van der Waals surface area contributed by atoms with Gasteiger partial charge in [0, 0.05) is 48.2 Å². The Kier molecular flexibility index (Phi) is 13.9. The van der Waals surface area contributed by atoms with Crippen LogP contribution in [0.25, 0.3) is 22.0 Å². The van der Waals surface area contributed by atoms with Crippen LogP contribution in [0, 0.1) is 17.8 Å². The lowest BCUT2D eigenvalue weighted by Crippen LogP contribution is -2.71. The summed E-state index contributed by atoms with van der Waals surface area (Å²) in [6.07, 6.45) is -2.25. The number of fused-ring (bicyclic) bond motifs is 2. The van der Waals surface area contributed by atoms with Crippen LogP contribution < -0.4 is 19.5 Å². The summed E-state index contributed by atoms with van der Waals surface area (Å²) in [5.74, 6) is -3.83. The lowest BCUT2D eigenvalue weighted by molar-refractivity contribution is -0.260. The maximum atomic E-state index is 15.5. The summed E-state index contributed by atoms with van der Waals surface area (Å²) in [5, 5.41) is 16.0. The average molecular weight is 1000 g/mol. The van der Waals surface area contributed by atoms with E-state index in [0.717, 1.165) is 4.90 Å². The third kappa shape index (κ3) is 10.2. The molecule has 8 atom stereocenters. The molecule has 5 heterocycles. The smallest absolute Gasteiger partial charge is 0.414 e. The third-order valence-corrected chi connectivity index (χ3v) is 17.1. The molecule has 1 aromatic carbocycles. The number of sulfonamides is 1. The van der Waals surface area contributed by atoms with Gasteiger partial charge in [0.15, 0.2) is 5.54 Å². The zero-order valence-electron chi connectivity index (χ0n) is 39.2. The SMILES string of the molecule is CC(C)Oc1ccc(-c2cc(O[C@@H]3C[C@H]4C(=O)N[C@]5(C(=O)NS(=O)(=O)C6(C)CC6)C[C@H]5C=CCC[C@H](C)C[C@@H](C)[C@H](N(C(=O)O)C5(C(F)(F)F)CCCOC5)C(=O)N4C3)cc(-c3nccs3)n2)cc1. The molecule has 2 aliphatic carbocycles. The summed E-state index contributed by atoms with van der Waals surface area (Å²) in [5.41, 5.74) is -3.21. The zero-order valence-corrected chi connectivity index (χ0v) is 40.8. The fourth-order valence-electron chi connectivity index (χ4n) is 9.99. The fourth-order valence-corrected chi connectivity index (χ4v) is 11.9. The molecule has 3 N–H and O–H groups in total. The van der Waals surface area contributed by atoms with Crippen molar-refractivity contribution >= 4 is 45.2 Å². The second-order valence-electron chi connectivity index (χ2n) is 19.8. The Balaban J connectivity index is 1.20. The van der Waals surface area contributed by atoms with Gasteiger partial charge in [-0.05, 0) is 108 Å². The van der Waals surface area contributed by atoms with Crippen molar-refractivity contribution in [2.24, 2.45) is 17.8 Å². The van der Waals surface area contributed by atoms with E-state index in [2.05, 4.69) is 15.0 Å². The number of thiazole rings is 1. The number of carbonyl (C=O) groups excluding carboxylic acids is 3. The van der Waals surface area contributed by atoms with Gasteiger partial charge in [-0.1, -0.05) is 26.0 Å². The van der Waals surface area contributed by atoms with Gasteiger partial charge in [-0.3, -0.25) is 24.0 Å². The van der Waals surface area contributed by atoms with Crippen LogP contribution >= 0.6 is 11.3 Å². The molecule has 2 aromatic heterocycles. The number of alkyl halides is 3. The van der Waals surface area contributed by atoms with Crippen LogP contribution in [0.4, 0.5) is 18.0 Å². The highest BCUT2D eigenvalue weighted by Gasteiger charge is 2.66. The first-order chi connectivity index (χ1) is 32.6. The van der Waals surface area contributed by atoms with E-state index in [0.29, 0.717) is 53.4 Å². The number of allylic oxidation sites excluding steroid dienone is 1. The van der Waals surface area contributed by atoms with Crippen molar-refractivity contribution in [3.8, 4) is 33.5 Å². The summed E-state index contributed by atoms with van der Waals surface area (Å²) in [6.45, 7) is 7.31. The molecule has 3 aromatic rings. The molecule has 1 unspecified atom stereocenters. The molecule has 69 heavy (non-hydrogen) atoms. The highest BCUT2D eigenvalue weighted by atomic mass is 32.2.